The molecule has 0 amide bonds. The lowest BCUT2D eigenvalue weighted by Gasteiger charge is -2.17. The fraction of sp³-hybridized carbons (Fsp3) is 0.188. The zero-order chi connectivity index (χ0) is 15.1. The SMILES string of the molecule is NC(=NO)C(CNCc1ccccc1Br)c1ccccc1. The largest absolute Gasteiger partial charge is 0.409 e. The number of amidine groups is 1. The van der Waals surface area contributed by atoms with Crippen LogP contribution in [0.5, 0.6) is 0 Å². The normalized spacial score (nSPS) is 13.1. The van der Waals surface area contributed by atoms with Crippen molar-refractivity contribution in [3.8, 4) is 0 Å². The molecule has 1 unspecified atom stereocenters. The second kappa shape index (κ2) is 7.81. The van der Waals surface area contributed by atoms with Gasteiger partial charge in [0, 0.05) is 17.6 Å². The van der Waals surface area contributed by atoms with Crippen molar-refractivity contribution in [1.29, 1.82) is 0 Å². The van der Waals surface area contributed by atoms with Crippen molar-refractivity contribution in [2.75, 3.05) is 6.54 Å². The van der Waals surface area contributed by atoms with Crippen LogP contribution in [0.25, 0.3) is 0 Å². The standard InChI is InChI=1S/C16H18BrN3O/c17-15-9-5-4-8-13(15)10-19-11-14(16(18)20-21)12-6-2-1-3-7-12/h1-9,14,19,21H,10-11H2,(H2,18,20). The molecule has 110 valence electrons. The van der Waals surface area contributed by atoms with Gasteiger partial charge in [-0.1, -0.05) is 69.6 Å². The molecule has 2 aromatic rings. The molecule has 4 N–H and O–H groups in total. The topological polar surface area (TPSA) is 70.6 Å². The Labute approximate surface area is 132 Å². The molecule has 0 bridgehead atoms. The number of nitrogens with two attached hydrogens (primary N) is 1. The van der Waals surface area contributed by atoms with Crippen molar-refractivity contribution in [2.45, 2.75) is 12.5 Å². The lowest BCUT2D eigenvalue weighted by atomic mass is 9.98. The van der Waals surface area contributed by atoms with E-state index in [1.807, 2.05) is 48.5 Å². The van der Waals surface area contributed by atoms with Crippen LogP contribution in [0.4, 0.5) is 0 Å². The maximum atomic E-state index is 8.95. The second-order valence-electron chi connectivity index (χ2n) is 4.71. The quantitative estimate of drug-likeness (QED) is 0.325. The number of nitrogens with zero attached hydrogens (tertiary/aromatic N) is 1. The van der Waals surface area contributed by atoms with Crippen LogP contribution in [0.2, 0.25) is 0 Å². The number of benzene rings is 2. The van der Waals surface area contributed by atoms with Crippen molar-refractivity contribution in [1.82, 2.24) is 5.32 Å². The molecule has 0 spiro atoms. The van der Waals surface area contributed by atoms with E-state index in [0.717, 1.165) is 10.0 Å². The Hall–Kier alpha value is -1.85. The minimum absolute atomic E-state index is 0.154. The third-order valence-corrected chi connectivity index (χ3v) is 4.07. The molecule has 4 nitrogen and oxygen atoms in total. The Kier molecular flexibility index (Phi) is 5.78. The van der Waals surface area contributed by atoms with Crippen LogP contribution in [-0.2, 0) is 6.54 Å². The summed E-state index contributed by atoms with van der Waals surface area (Å²) in [6.45, 7) is 1.31. The third-order valence-electron chi connectivity index (χ3n) is 3.30. The molecule has 0 heterocycles. The average molecular weight is 348 g/mol. The Bertz CT molecular complexity index is 601. The summed E-state index contributed by atoms with van der Waals surface area (Å²) in [5.74, 6) is 0.0551. The van der Waals surface area contributed by atoms with E-state index < -0.39 is 0 Å². The molecular formula is C16H18BrN3O. The Morgan fingerprint density at radius 2 is 1.81 bits per heavy atom. The summed E-state index contributed by atoms with van der Waals surface area (Å²) >= 11 is 3.52. The van der Waals surface area contributed by atoms with Gasteiger partial charge in [0.2, 0.25) is 0 Å². The van der Waals surface area contributed by atoms with Crippen molar-refractivity contribution in [2.24, 2.45) is 10.9 Å². The maximum Gasteiger partial charge on any atom is 0.147 e. The van der Waals surface area contributed by atoms with Crippen molar-refractivity contribution in [3.63, 3.8) is 0 Å². The van der Waals surface area contributed by atoms with Gasteiger partial charge in [-0.2, -0.15) is 0 Å². The summed E-state index contributed by atoms with van der Waals surface area (Å²) < 4.78 is 1.07. The first-order valence-corrected chi connectivity index (χ1v) is 7.48. The number of halogens is 1. The molecule has 0 aromatic heterocycles. The van der Waals surface area contributed by atoms with Gasteiger partial charge < -0.3 is 16.3 Å². The number of oxime groups is 1. The number of hydrogen-bond donors (Lipinski definition) is 3. The summed E-state index contributed by atoms with van der Waals surface area (Å²) in [5.41, 5.74) is 8.00. The first-order valence-electron chi connectivity index (χ1n) is 6.69. The zero-order valence-corrected chi connectivity index (χ0v) is 13.1. The Balaban J connectivity index is 2.02. The van der Waals surface area contributed by atoms with Gasteiger partial charge in [0.15, 0.2) is 0 Å². The van der Waals surface area contributed by atoms with Gasteiger partial charge in [-0.25, -0.2) is 0 Å². The second-order valence-corrected chi connectivity index (χ2v) is 5.56. The molecular weight excluding hydrogens is 330 g/mol. The van der Waals surface area contributed by atoms with E-state index in [1.165, 1.54) is 5.56 Å². The zero-order valence-electron chi connectivity index (χ0n) is 11.5. The van der Waals surface area contributed by atoms with Crippen molar-refractivity contribution in [3.05, 3.63) is 70.2 Å². The number of hydrogen-bond acceptors (Lipinski definition) is 3. The molecule has 0 fully saturated rings. The molecule has 21 heavy (non-hydrogen) atoms. The molecule has 0 saturated carbocycles. The first kappa shape index (κ1) is 15.5. The summed E-state index contributed by atoms with van der Waals surface area (Å²) in [4.78, 5) is 0. The van der Waals surface area contributed by atoms with Gasteiger partial charge in [0.1, 0.15) is 5.84 Å². The van der Waals surface area contributed by atoms with E-state index in [-0.39, 0.29) is 11.8 Å². The molecule has 0 radical (unpaired) electrons. The van der Waals surface area contributed by atoms with Gasteiger partial charge >= 0.3 is 0 Å². The van der Waals surface area contributed by atoms with Gasteiger partial charge in [-0.3, -0.25) is 0 Å². The van der Waals surface area contributed by atoms with Crippen LogP contribution in [0.1, 0.15) is 17.0 Å². The minimum atomic E-state index is -0.154. The lowest BCUT2D eigenvalue weighted by Crippen LogP contribution is -2.31. The maximum absolute atomic E-state index is 8.95. The van der Waals surface area contributed by atoms with Crippen LogP contribution < -0.4 is 11.1 Å². The monoisotopic (exact) mass is 347 g/mol. The molecule has 2 aromatic carbocycles. The molecule has 2 rings (SSSR count). The van der Waals surface area contributed by atoms with E-state index in [0.29, 0.717) is 13.1 Å². The van der Waals surface area contributed by atoms with Gasteiger partial charge in [0.05, 0.1) is 5.92 Å². The van der Waals surface area contributed by atoms with E-state index in [1.54, 1.807) is 0 Å². The van der Waals surface area contributed by atoms with Crippen molar-refractivity contribution >= 4 is 21.8 Å². The molecule has 0 aliphatic carbocycles. The molecule has 1 atom stereocenters. The summed E-state index contributed by atoms with van der Waals surface area (Å²) in [5, 5.41) is 15.5. The Morgan fingerprint density at radius 1 is 1.14 bits per heavy atom. The van der Waals surface area contributed by atoms with E-state index in [4.69, 9.17) is 10.9 Å². The van der Waals surface area contributed by atoms with E-state index >= 15 is 0 Å². The van der Waals surface area contributed by atoms with Crippen LogP contribution in [0.3, 0.4) is 0 Å². The van der Waals surface area contributed by atoms with Crippen LogP contribution >= 0.6 is 15.9 Å². The average Bonchev–Trinajstić information content (AvgIpc) is 2.53. The van der Waals surface area contributed by atoms with Crippen LogP contribution in [0, 0.1) is 0 Å². The highest BCUT2D eigenvalue weighted by Crippen LogP contribution is 2.17. The van der Waals surface area contributed by atoms with Crippen molar-refractivity contribution < 1.29 is 5.21 Å². The van der Waals surface area contributed by atoms with E-state index in [9.17, 15) is 0 Å². The van der Waals surface area contributed by atoms with Crippen LogP contribution in [-0.4, -0.2) is 17.6 Å². The smallest absolute Gasteiger partial charge is 0.147 e. The lowest BCUT2D eigenvalue weighted by molar-refractivity contribution is 0.315. The molecule has 0 saturated heterocycles. The third kappa shape index (κ3) is 4.31. The fourth-order valence-corrected chi connectivity index (χ4v) is 2.57. The molecule has 5 heteroatoms. The van der Waals surface area contributed by atoms with Gasteiger partial charge in [-0.05, 0) is 17.2 Å². The summed E-state index contributed by atoms with van der Waals surface area (Å²) in [6, 6.07) is 17.8. The highest BCUT2D eigenvalue weighted by atomic mass is 79.9. The highest BCUT2D eigenvalue weighted by Gasteiger charge is 2.16. The summed E-state index contributed by atoms with van der Waals surface area (Å²) in [7, 11) is 0. The fourth-order valence-electron chi connectivity index (χ4n) is 2.14. The first-order chi connectivity index (χ1) is 10.2. The molecule has 0 aliphatic heterocycles. The minimum Gasteiger partial charge on any atom is -0.409 e. The predicted molar refractivity (Wildman–Crippen MR) is 88.4 cm³/mol. The van der Waals surface area contributed by atoms with E-state index in [2.05, 4.69) is 32.5 Å². The number of rotatable bonds is 6. The predicted octanol–water partition coefficient (Wildman–Crippen LogP) is 3.07. The van der Waals surface area contributed by atoms with Gasteiger partial charge in [0.25, 0.3) is 0 Å². The van der Waals surface area contributed by atoms with Gasteiger partial charge in [-0.15, -0.1) is 0 Å². The Morgan fingerprint density at radius 3 is 2.48 bits per heavy atom. The summed E-state index contributed by atoms with van der Waals surface area (Å²) in [6.07, 6.45) is 0. The molecule has 0 aliphatic rings. The number of nitrogens with one attached hydrogen (secondary N) is 1. The highest BCUT2D eigenvalue weighted by molar-refractivity contribution is 9.10. The van der Waals surface area contributed by atoms with Crippen LogP contribution in [0.15, 0.2) is 64.2 Å².